The summed E-state index contributed by atoms with van der Waals surface area (Å²) in [6, 6.07) is 76.0. The standard InChI is InChI=1S/C27H28NS.C25H24NS.C22H18NS.3C5H8O2.3Ir/c1-26(2,3)20-14-19(15-21(16-20)27(4,5)6)25-17-23-24(29-25)13-12-22(28-23)18-10-8-7-9-11-18;1-16(2)19-11-8-12-20(17(3)4)25(19)24-15-22-23(27-24)14-13-21(26-22)18-9-6-5-7-10-18;1-15(2)16-8-10-18(11-9-16)22-14-20-21(24-22)13-12-19(23-20)17-6-4-3-5-7-17;3*1-4(6)3-5(2)7;;;/h7-10,12-17H,1-6H3;5-9,11-17H,1-4H3;3-6,8-15H,1-2H3;3*3,6H,1-2H3;;;/q3*-1;;;;;;. The summed E-state index contributed by atoms with van der Waals surface area (Å²) < 4.78 is 3.67. The van der Waals surface area contributed by atoms with E-state index in [1.165, 1.54) is 133 Å². The molecule has 549 valence electrons. The van der Waals surface area contributed by atoms with Crippen molar-refractivity contribution in [3.8, 4) is 65.1 Å². The van der Waals surface area contributed by atoms with E-state index in [0.717, 1.165) is 50.3 Å². The molecule has 0 spiro atoms. The zero-order valence-corrected chi connectivity index (χ0v) is 72.1. The fourth-order valence-electron chi connectivity index (χ4n) is 10.7. The van der Waals surface area contributed by atoms with Crippen molar-refractivity contribution in [1.29, 1.82) is 0 Å². The maximum absolute atomic E-state index is 10.0. The van der Waals surface area contributed by atoms with E-state index in [4.69, 9.17) is 30.3 Å². The SMILES string of the molecule is CC(=O)C=C(C)O.CC(=O)C=C(C)O.CC(=O)C=C(C)O.CC(C)(C)c1cc(-c2cc3nc(-c4[c-]cccc4)ccc3s2)cc(C(C)(C)C)c1.CC(C)c1ccc(-c2cc3nc(-c4[c-]cccc4)ccc3s2)cc1.CC(C)c1cccc(C(C)C)c1-c1cc2nc(-c3[c-]cccc3)ccc2s1.[Ir].[Ir].[Ir]. The molecule has 9 nitrogen and oxygen atoms in total. The number of thiophene rings is 3. The molecular weight excluding hydrogens is 1880 g/mol. The van der Waals surface area contributed by atoms with Crippen LogP contribution in [0.25, 0.3) is 95.7 Å². The average Bonchev–Trinajstić information content (AvgIpc) is 1.79. The van der Waals surface area contributed by atoms with Crippen molar-refractivity contribution in [3.63, 3.8) is 0 Å². The van der Waals surface area contributed by atoms with Gasteiger partial charge in [0, 0.05) is 93.2 Å². The van der Waals surface area contributed by atoms with Crippen molar-refractivity contribution >= 4 is 82.0 Å². The van der Waals surface area contributed by atoms with Gasteiger partial charge in [-0.25, -0.2) is 0 Å². The molecule has 15 heteroatoms. The molecule has 3 radical (unpaired) electrons. The number of aromatic nitrogens is 3. The van der Waals surface area contributed by atoms with Crippen LogP contribution in [0.3, 0.4) is 0 Å². The molecule has 6 aromatic heterocycles. The molecule has 0 saturated carbocycles. The first-order valence-corrected chi connectivity index (χ1v) is 36.4. The van der Waals surface area contributed by atoms with Crippen molar-refractivity contribution in [2.45, 2.75) is 153 Å². The molecule has 0 aliphatic rings. The summed E-state index contributed by atoms with van der Waals surface area (Å²) in [5, 5.41) is 25.1. The number of carbonyl (C=O) groups excluding carboxylic acids is 3. The zero-order valence-electron chi connectivity index (χ0n) is 62.5. The molecule has 0 aliphatic carbocycles. The molecule has 0 unspecified atom stereocenters. The third-order valence-electron chi connectivity index (χ3n) is 15.7. The number of ketones is 3. The second-order valence-electron chi connectivity index (χ2n) is 27.8. The monoisotopic (exact) mass is 1980 g/mol. The smallest absolute Gasteiger partial charge is 0.155 e. The molecule has 3 N–H and O–H groups in total. The van der Waals surface area contributed by atoms with Crippen LogP contribution in [0, 0.1) is 18.2 Å². The Bertz CT molecular complexity index is 4730. The normalized spacial score (nSPS) is 11.4. The van der Waals surface area contributed by atoms with Crippen LogP contribution in [0.15, 0.2) is 224 Å². The molecule has 12 aromatic rings. The molecule has 6 heterocycles. The van der Waals surface area contributed by atoms with Gasteiger partial charge in [0.15, 0.2) is 17.3 Å². The number of benzene rings is 6. The minimum absolute atomic E-state index is 0. The van der Waals surface area contributed by atoms with Gasteiger partial charge in [-0.05, 0) is 180 Å². The second-order valence-corrected chi connectivity index (χ2v) is 31.0. The minimum Gasteiger partial charge on any atom is -0.512 e. The van der Waals surface area contributed by atoms with Gasteiger partial charge >= 0.3 is 0 Å². The van der Waals surface area contributed by atoms with Gasteiger partial charge in [-0.2, -0.15) is 0 Å². The van der Waals surface area contributed by atoms with Gasteiger partial charge < -0.3 is 15.3 Å². The average molecular weight is 1970 g/mol. The fraction of sp³-hybridized carbons (Fsp3) is 0.258. The molecule has 0 atom stereocenters. The zero-order chi connectivity index (χ0) is 73.9. The van der Waals surface area contributed by atoms with E-state index in [0.29, 0.717) is 17.8 Å². The number of hydrogen-bond donors (Lipinski definition) is 3. The minimum atomic E-state index is -0.125. The Morgan fingerprint density at radius 2 is 0.712 bits per heavy atom. The Morgan fingerprint density at radius 3 is 0.990 bits per heavy atom. The van der Waals surface area contributed by atoms with Gasteiger partial charge in [0.25, 0.3) is 0 Å². The fourth-order valence-corrected chi connectivity index (χ4v) is 13.8. The van der Waals surface area contributed by atoms with E-state index < -0.39 is 0 Å². The maximum Gasteiger partial charge on any atom is 0.155 e. The van der Waals surface area contributed by atoms with Crippen LogP contribution in [-0.2, 0) is 85.5 Å². The molecule has 6 aromatic carbocycles. The summed E-state index contributed by atoms with van der Waals surface area (Å²) in [6.45, 7) is 35.8. The van der Waals surface area contributed by atoms with Crippen LogP contribution >= 0.6 is 34.0 Å². The van der Waals surface area contributed by atoms with E-state index in [1.807, 2.05) is 83.3 Å². The number of carbonyl (C=O) groups is 3. The van der Waals surface area contributed by atoms with Gasteiger partial charge in [-0.15, -0.1) is 142 Å². The molecule has 12 rings (SSSR count). The summed E-state index contributed by atoms with van der Waals surface area (Å²) in [4.78, 5) is 48.6. The van der Waals surface area contributed by atoms with Crippen LogP contribution in [0.2, 0.25) is 0 Å². The molecular formula is C89H94Ir3N3O6S3-3. The summed E-state index contributed by atoms with van der Waals surface area (Å²) in [7, 11) is 0. The topological polar surface area (TPSA) is 151 Å². The van der Waals surface area contributed by atoms with Gasteiger partial charge in [0.1, 0.15) is 0 Å². The van der Waals surface area contributed by atoms with E-state index in [-0.39, 0.29) is 106 Å². The predicted octanol–water partition coefficient (Wildman–Crippen LogP) is 25.4. The van der Waals surface area contributed by atoms with Crippen molar-refractivity contribution in [1.82, 2.24) is 15.0 Å². The van der Waals surface area contributed by atoms with E-state index >= 15 is 0 Å². The number of fused-ring (bicyclic) bond motifs is 3. The Kier molecular flexibility index (Phi) is 35.1. The third kappa shape index (κ3) is 26.7. The largest absolute Gasteiger partial charge is 0.512 e. The number of aliphatic hydroxyl groups is 3. The number of allylic oxidation sites excluding steroid dienone is 6. The number of aliphatic hydroxyl groups excluding tert-OH is 3. The summed E-state index contributed by atoms with van der Waals surface area (Å²) in [6.07, 6.45) is 3.50. The van der Waals surface area contributed by atoms with Crippen LogP contribution in [0.1, 0.15) is 170 Å². The van der Waals surface area contributed by atoms with E-state index in [1.54, 1.807) is 11.3 Å². The van der Waals surface area contributed by atoms with Gasteiger partial charge in [-0.3, -0.25) is 29.3 Å². The van der Waals surface area contributed by atoms with Crippen LogP contribution in [-0.4, -0.2) is 47.6 Å². The number of nitrogens with zero attached hydrogens (tertiary/aromatic N) is 3. The van der Waals surface area contributed by atoms with Crippen LogP contribution in [0.4, 0.5) is 0 Å². The van der Waals surface area contributed by atoms with Crippen molar-refractivity contribution < 1.29 is 90.0 Å². The first kappa shape index (κ1) is 88.6. The summed E-state index contributed by atoms with van der Waals surface area (Å²) >= 11 is 5.46. The summed E-state index contributed by atoms with van der Waals surface area (Å²) in [5.41, 5.74) is 20.4. The maximum atomic E-state index is 10.0. The number of hydrogen-bond acceptors (Lipinski definition) is 12. The number of rotatable bonds is 12. The Labute approximate surface area is 668 Å². The number of pyridine rings is 3. The quantitative estimate of drug-likeness (QED) is 0.0617. The first-order chi connectivity index (χ1) is 47.7. The summed E-state index contributed by atoms with van der Waals surface area (Å²) in [5.74, 6) is 1.36. The van der Waals surface area contributed by atoms with Crippen molar-refractivity contribution in [2.75, 3.05) is 0 Å². The first-order valence-electron chi connectivity index (χ1n) is 33.9. The molecule has 104 heavy (non-hydrogen) atoms. The Morgan fingerprint density at radius 1 is 0.385 bits per heavy atom. The molecule has 0 fully saturated rings. The second kappa shape index (κ2) is 41.2. The molecule has 0 amide bonds. The van der Waals surface area contributed by atoms with Crippen molar-refractivity contribution in [2.24, 2.45) is 0 Å². The van der Waals surface area contributed by atoms with Gasteiger partial charge in [0.05, 0.1) is 47.9 Å². The molecule has 0 saturated heterocycles. The van der Waals surface area contributed by atoms with Gasteiger partial charge in [0.2, 0.25) is 0 Å². The van der Waals surface area contributed by atoms with E-state index in [9.17, 15) is 14.4 Å². The molecule has 0 aliphatic heterocycles. The Hall–Kier alpha value is -7.77. The third-order valence-corrected chi connectivity index (χ3v) is 19.1. The predicted molar refractivity (Wildman–Crippen MR) is 429 cm³/mol. The Balaban J connectivity index is 0.000000287. The molecule has 0 bridgehead atoms. The van der Waals surface area contributed by atoms with Crippen LogP contribution in [0.5, 0.6) is 0 Å². The van der Waals surface area contributed by atoms with Gasteiger partial charge in [-0.1, -0.05) is 150 Å². The van der Waals surface area contributed by atoms with Crippen LogP contribution < -0.4 is 0 Å². The van der Waals surface area contributed by atoms with E-state index in [2.05, 4.69) is 229 Å². The van der Waals surface area contributed by atoms with Crippen molar-refractivity contribution in [3.05, 3.63) is 270 Å².